The summed E-state index contributed by atoms with van der Waals surface area (Å²) in [6.45, 7) is 12.9. The molecule has 0 spiro atoms. The van der Waals surface area contributed by atoms with E-state index in [0.29, 0.717) is 11.8 Å². The first kappa shape index (κ1) is 31.6. The lowest BCUT2D eigenvalue weighted by Gasteiger charge is -2.25. The standard InChI is InChI=1S/C43H44N2/c1-7-35-19-12-14-23-40(35)41-28-37(25-24-32(41)5)36-20-15-21-38(27-36)42(39-22-13-11-16-31(39)4)26-33(6)45-43(30(2)3)44-29-34-17-9-8-10-18-34/h8-29,35,40H,7H2,1-6H3/b42-26-,44-29-,45-33+. The number of nitrogens with zero attached hydrogens (tertiary/aromatic N) is 2. The van der Waals surface area contributed by atoms with Crippen molar-refractivity contribution in [1.29, 1.82) is 0 Å². The third-order valence-electron chi connectivity index (χ3n) is 8.52. The molecule has 2 nitrogen and oxygen atoms in total. The lowest BCUT2D eigenvalue weighted by atomic mass is 9.79. The average molecular weight is 589 g/mol. The first-order valence-electron chi connectivity index (χ1n) is 16.0. The molecular weight excluding hydrogens is 544 g/mol. The molecule has 0 radical (unpaired) electrons. The Hall–Kier alpha value is -4.82. The first-order chi connectivity index (χ1) is 21.8. The fourth-order valence-electron chi connectivity index (χ4n) is 5.97. The molecule has 2 unspecified atom stereocenters. The van der Waals surface area contributed by atoms with Gasteiger partial charge in [0, 0.05) is 17.8 Å². The Morgan fingerprint density at radius 3 is 2.22 bits per heavy atom. The monoisotopic (exact) mass is 588 g/mol. The van der Waals surface area contributed by atoms with Gasteiger partial charge < -0.3 is 0 Å². The molecule has 0 fully saturated rings. The summed E-state index contributed by atoms with van der Waals surface area (Å²) in [6.07, 6.45) is 14.3. The fourth-order valence-corrected chi connectivity index (χ4v) is 5.97. The van der Waals surface area contributed by atoms with Crippen LogP contribution in [0, 0.1) is 19.8 Å². The van der Waals surface area contributed by atoms with Gasteiger partial charge in [-0.1, -0.05) is 122 Å². The Kier molecular flexibility index (Phi) is 10.4. The highest BCUT2D eigenvalue weighted by Gasteiger charge is 2.21. The lowest BCUT2D eigenvalue weighted by Crippen LogP contribution is -2.11. The van der Waals surface area contributed by atoms with Crippen molar-refractivity contribution >= 4 is 17.5 Å². The molecule has 0 aliphatic heterocycles. The molecule has 0 aromatic heterocycles. The van der Waals surface area contributed by atoms with E-state index in [0.717, 1.165) is 40.2 Å². The molecule has 226 valence electrons. The van der Waals surface area contributed by atoms with Gasteiger partial charge in [0.1, 0.15) is 0 Å². The molecule has 0 saturated heterocycles. The van der Waals surface area contributed by atoms with E-state index in [2.05, 4.69) is 139 Å². The molecule has 4 aromatic carbocycles. The quantitative estimate of drug-likeness (QED) is 0.174. The van der Waals surface area contributed by atoms with E-state index in [9.17, 15) is 0 Å². The van der Waals surface area contributed by atoms with E-state index < -0.39 is 0 Å². The number of benzene rings is 4. The summed E-state index contributed by atoms with van der Waals surface area (Å²) in [5, 5.41) is 0. The molecule has 45 heavy (non-hydrogen) atoms. The minimum Gasteiger partial charge on any atom is -0.237 e. The van der Waals surface area contributed by atoms with Gasteiger partial charge in [0.05, 0.1) is 0 Å². The zero-order valence-corrected chi connectivity index (χ0v) is 27.5. The summed E-state index contributed by atoms with van der Waals surface area (Å²) in [5.41, 5.74) is 13.0. The molecule has 5 rings (SSSR count). The van der Waals surface area contributed by atoms with Crippen LogP contribution in [0.1, 0.15) is 73.4 Å². The zero-order valence-electron chi connectivity index (χ0n) is 27.5. The van der Waals surface area contributed by atoms with Crippen LogP contribution in [-0.2, 0) is 0 Å². The van der Waals surface area contributed by atoms with Crippen molar-refractivity contribution in [3.8, 4) is 11.1 Å². The van der Waals surface area contributed by atoms with E-state index in [1.165, 1.54) is 33.4 Å². The van der Waals surface area contributed by atoms with E-state index >= 15 is 0 Å². The van der Waals surface area contributed by atoms with Crippen molar-refractivity contribution in [2.24, 2.45) is 15.9 Å². The van der Waals surface area contributed by atoms with Crippen molar-refractivity contribution in [3.05, 3.63) is 172 Å². The van der Waals surface area contributed by atoms with Gasteiger partial charge in [-0.05, 0) is 115 Å². The van der Waals surface area contributed by atoms with Gasteiger partial charge >= 0.3 is 0 Å². The molecule has 0 saturated carbocycles. The van der Waals surface area contributed by atoms with Gasteiger partial charge in [0.25, 0.3) is 0 Å². The summed E-state index contributed by atoms with van der Waals surface area (Å²) >= 11 is 0. The normalized spacial score (nSPS) is 16.8. The summed E-state index contributed by atoms with van der Waals surface area (Å²) in [7, 11) is 0. The van der Waals surface area contributed by atoms with E-state index in [1.54, 1.807) is 0 Å². The highest BCUT2D eigenvalue weighted by molar-refractivity contribution is 6.03. The second-order valence-electron chi connectivity index (χ2n) is 12.1. The molecule has 0 heterocycles. The van der Waals surface area contributed by atoms with Gasteiger partial charge in [-0.2, -0.15) is 0 Å². The largest absolute Gasteiger partial charge is 0.237 e. The van der Waals surface area contributed by atoms with E-state index in [4.69, 9.17) is 9.98 Å². The van der Waals surface area contributed by atoms with Crippen molar-refractivity contribution in [3.63, 3.8) is 0 Å². The molecule has 2 atom stereocenters. The minimum atomic E-state index is 0.401. The first-order valence-corrected chi connectivity index (χ1v) is 16.0. The minimum absolute atomic E-state index is 0.401. The van der Waals surface area contributed by atoms with Crippen LogP contribution >= 0.6 is 0 Å². The maximum atomic E-state index is 4.99. The molecule has 2 heteroatoms. The van der Waals surface area contributed by atoms with Crippen LogP contribution in [0.15, 0.2) is 149 Å². The molecule has 4 aromatic rings. The van der Waals surface area contributed by atoms with Crippen LogP contribution in [0.3, 0.4) is 0 Å². The smallest absolute Gasteiger partial charge is 0.150 e. The molecule has 1 aliphatic rings. The number of hydrogen-bond acceptors (Lipinski definition) is 2. The average Bonchev–Trinajstić information content (AvgIpc) is 3.06. The van der Waals surface area contributed by atoms with Crippen LogP contribution in [0.5, 0.6) is 0 Å². The Morgan fingerprint density at radius 2 is 1.47 bits per heavy atom. The van der Waals surface area contributed by atoms with Gasteiger partial charge in [0.2, 0.25) is 0 Å². The summed E-state index contributed by atoms with van der Waals surface area (Å²) in [4.78, 5) is 9.74. The van der Waals surface area contributed by atoms with E-state index in [1.807, 2.05) is 36.5 Å². The van der Waals surface area contributed by atoms with Gasteiger partial charge in [-0.3, -0.25) is 0 Å². The highest BCUT2D eigenvalue weighted by Crippen LogP contribution is 2.37. The Labute approximate surface area is 270 Å². The second kappa shape index (κ2) is 14.8. The Balaban J connectivity index is 1.56. The Bertz CT molecular complexity index is 1820. The van der Waals surface area contributed by atoms with Crippen LogP contribution in [-0.4, -0.2) is 11.9 Å². The van der Waals surface area contributed by atoms with Crippen LogP contribution in [0.4, 0.5) is 0 Å². The number of aliphatic imine (C=N–C) groups is 2. The van der Waals surface area contributed by atoms with Crippen molar-refractivity contribution < 1.29 is 0 Å². The summed E-state index contributed by atoms with van der Waals surface area (Å²) in [5.74, 6) is 1.66. The number of rotatable bonds is 9. The lowest BCUT2D eigenvalue weighted by molar-refractivity contribution is 0.557. The second-order valence-corrected chi connectivity index (χ2v) is 12.1. The maximum absolute atomic E-state index is 4.99. The fraction of sp³-hybridized carbons (Fsp3) is 0.209. The summed E-state index contributed by atoms with van der Waals surface area (Å²) in [6, 6.07) is 34.6. The summed E-state index contributed by atoms with van der Waals surface area (Å²) < 4.78 is 0. The number of allylic oxidation sites excluding steroid dienone is 6. The zero-order chi connectivity index (χ0) is 31.8. The maximum Gasteiger partial charge on any atom is 0.150 e. The van der Waals surface area contributed by atoms with Crippen molar-refractivity contribution in [1.82, 2.24) is 0 Å². The van der Waals surface area contributed by atoms with Gasteiger partial charge in [-0.25, -0.2) is 9.98 Å². The van der Waals surface area contributed by atoms with Crippen molar-refractivity contribution in [2.45, 2.75) is 53.9 Å². The molecule has 0 N–H and O–H groups in total. The predicted octanol–water partition coefficient (Wildman–Crippen LogP) is 11.5. The molecule has 1 aliphatic carbocycles. The predicted molar refractivity (Wildman–Crippen MR) is 195 cm³/mol. The number of hydrogen-bond donors (Lipinski definition) is 0. The van der Waals surface area contributed by atoms with Crippen LogP contribution in [0.2, 0.25) is 0 Å². The van der Waals surface area contributed by atoms with Gasteiger partial charge in [-0.15, -0.1) is 0 Å². The third kappa shape index (κ3) is 7.83. The van der Waals surface area contributed by atoms with Crippen LogP contribution < -0.4 is 0 Å². The van der Waals surface area contributed by atoms with E-state index in [-0.39, 0.29) is 0 Å². The SMILES string of the molecule is CCC1C=CC=CC1c1cc(-c2cccc(/C(=C/C(C)=N/C(/N=C\c3ccccc3)=C(C)C)c3ccccc3C)c2)ccc1C. The highest BCUT2D eigenvalue weighted by atomic mass is 15.0. The van der Waals surface area contributed by atoms with Gasteiger partial charge in [0.15, 0.2) is 5.82 Å². The Morgan fingerprint density at radius 1 is 0.733 bits per heavy atom. The van der Waals surface area contributed by atoms with Crippen LogP contribution in [0.25, 0.3) is 16.7 Å². The third-order valence-corrected chi connectivity index (χ3v) is 8.52. The molecular formula is C43H44N2. The molecule has 0 bridgehead atoms. The van der Waals surface area contributed by atoms with Crippen molar-refractivity contribution in [2.75, 3.05) is 0 Å². The number of aryl methyl sites for hydroxylation is 2. The molecule has 0 amide bonds. The topological polar surface area (TPSA) is 24.7 Å².